The first-order valence-electron chi connectivity index (χ1n) is 5.97. The van der Waals surface area contributed by atoms with Crippen LogP contribution >= 0.6 is 0 Å². The molecule has 0 aliphatic heterocycles. The van der Waals surface area contributed by atoms with Crippen molar-refractivity contribution in [3.05, 3.63) is 24.3 Å². The minimum absolute atomic E-state index is 0.0307. The number of rotatable bonds is 7. The van der Waals surface area contributed by atoms with Gasteiger partial charge in [-0.15, -0.1) is 0 Å². The maximum atomic E-state index is 11.7. The first-order valence-corrected chi connectivity index (χ1v) is 5.97. The van der Waals surface area contributed by atoms with Gasteiger partial charge >= 0.3 is 0 Å². The third kappa shape index (κ3) is 4.73. The molecule has 0 aliphatic rings. The third-order valence-electron chi connectivity index (χ3n) is 2.62. The van der Waals surface area contributed by atoms with Crippen LogP contribution < -0.4 is 15.4 Å². The van der Waals surface area contributed by atoms with E-state index >= 15 is 0 Å². The van der Waals surface area contributed by atoms with Crippen molar-refractivity contribution in [1.82, 2.24) is 5.32 Å². The van der Waals surface area contributed by atoms with Crippen LogP contribution in [0.1, 0.15) is 13.3 Å². The van der Waals surface area contributed by atoms with Gasteiger partial charge in [0.05, 0.1) is 20.3 Å². The first-order chi connectivity index (χ1) is 8.69. The third-order valence-corrected chi connectivity index (χ3v) is 2.62. The Kier molecular flexibility index (Phi) is 6.18. The summed E-state index contributed by atoms with van der Waals surface area (Å²) < 4.78 is 5.07. The monoisotopic (exact) mass is 252 g/mol. The average Bonchev–Trinajstić information content (AvgIpc) is 2.40. The molecule has 1 aromatic rings. The summed E-state index contributed by atoms with van der Waals surface area (Å²) in [6, 6.07) is 7.13. The van der Waals surface area contributed by atoms with Gasteiger partial charge in [0.1, 0.15) is 5.75 Å². The Morgan fingerprint density at radius 3 is 2.89 bits per heavy atom. The van der Waals surface area contributed by atoms with E-state index in [0.717, 1.165) is 6.42 Å². The Morgan fingerprint density at radius 2 is 2.28 bits per heavy atom. The second-order valence-electron chi connectivity index (χ2n) is 3.95. The van der Waals surface area contributed by atoms with Gasteiger partial charge < -0.3 is 20.5 Å². The Morgan fingerprint density at radius 1 is 1.50 bits per heavy atom. The van der Waals surface area contributed by atoms with Crippen molar-refractivity contribution in [1.29, 1.82) is 0 Å². The predicted octanol–water partition coefficient (Wildman–Crippen LogP) is 0.994. The number of aliphatic hydroxyl groups is 1. The minimum Gasteiger partial charge on any atom is -0.497 e. The van der Waals surface area contributed by atoms with Crippen LogP contribution in [0.5, 0.6) is 5.75 Å². The van der Waals surface area contributed by atoms with E-state index in [1.165, 1.54) is 0 Å². The van der Waals surface area contributed by atoms with Gasteiger partial charge in [0.25, 0.3) is 0 Å². The molecule has 3 N–H and O–H groups in total. The first kappa shape index (κ1) is 14.5. The lowest BCUT2D eigenvalue weighted by atomic mass is 10.2. The molecular formula is C13H20N2O3. The second-order valence-corrected chi connectivity index (χ2v) is 3.95. The fourth-order valence-electron chi connectivity index (χ4n) is 1.48. The predicted molar refractivity (Wildman–Crippen MR) is 70.8 cm³/mol. The summed E-state index contributed by atoms with van der Waals surface area (Å²) in [5.74, 6) is 0.553. The molecule has 1 unspecified atom stereocenters. The topological polar surface area (TPSA) is 70.6 Å². The van der Waals surface area contributed by atoms with Crippen molar-refractivity contribution in [2.75, 3.05) is 25.6 Å². The zero-order chi connectivity index (χ0) is 13.4. The van der Waals surface area contributed by atoms with Gasteiger partial charge in [-0.1, -0.05) is 13.0 Å². The summed E-state index contributed by atoms with van der Waals surface area (Å²) in [5, 5.41) is 14.7. The highest BCUT2D eigenvalue weighted by molar-refractivity contribution is 5.92. The van der Waals surface area contributed by atoms with Gasteiger partial charge in [-0.3, -0.25) is 4.79 Å². The number of carbonyl (C=O) groups excluding carboxylic acids is 1. The summed E-state index contributed by atoms with van der Waals surface area (Å²) in [6.07, 6.45) is 0.781. The Bertz CT molecular complexity index is 378. The van der Waals surface area contributed by atoms with Crippen LogP contribution in [-0.2, 0) is 4.79 Å². The zero-order valence-electron chi connectivity index (χ0n) is 10.8. The number of hydrogen-bond acceptors (Lipinski definition) is 4. The quantitative estimate of drug-likeness (QED) is 0.677. The van der Waals surface area contributed by atoms with Gasteiger partial charge in [-0.25, -0.2) is 0 Å². The number of carbonyl (C=O) groups is 1. The molecule has 0 aliphatic carbocycles. The largest absolute Gasteiger partial charge is 0.497 e. The van der Waals surface area contributed by atoms with Crippen LogP contribution in [0.25, 0.3) is 0 Å². The van der Waals surface area contributed by atoms with E-state index in [0.29, 0.717) is 11.4 Å². The molecule has 5 heteroatoms. The van der Waals surface area contributed by atoms with E-state index in [2.05, 4.69) is 10.6 Å². The smallest absolute Gasteiger partial charge is 0.238 e. The SMILES string of the molecule is CCC(CO)NCC(=O)Nc1cccc(OC)c1. The molecule has 5 nitrogen and oxygen atoms in total. The van der Waals surface area contributed by atoms with Crippen LogP contribution in [-0.4, -0.2) is 37.3 Å². The molecule has 1 aromatic carbocycles. The second kappa shape index (κ2) is 7.68. The number of benzene rings is 1. The molecule has 0 aromatic heterocycles. The fraction of sp³-hybridized carbons (Fsp3) is 0.462. The van der Waals surface area contributed by atoms with Gasteiger partial charge in [0.15, 0.2) is 0 Å². The number of anilines is 1. The number of ether oxygens (including phenoxy) is 1. The molecule has 0 radical (unpaired) electrons. The Labute approximate surface area is 107 Å². The molecule has 1 amide bonds. The molecule has 0 heterocycles. The van der Waals surface area contributed by atoms with E-state index in [9.17, 15) is 4.79 Å². The van der Waals surface area contributed by atoms with E-state index in [1.54, 1.807) is 19.2 Å². The minimum atomic E-state index is -0.143. The van der Waals surface area contributed by atoms with Crippen molar-refractivity contribution in [2.45, 2.75) is 19.4 Å². The molecule has 0 saturated carbocycles. The molecule has 18 heavy (non-hydrogen) atoms. The summed E-state index contributed by atoms with van der Waals surface area (Å²) in [4.78, 5) is 11.7. The van der Waals surface area contributed by atoms with Crippen molar-refractivity contribution < 1.29 is 14.6 Å². The van der Waals surface area contributed by atoms with Gasteiger partial charge in [0.2, 0.25) is 5.91 Å². The van der Waals surface area contributed by atoms with Crippen molar-refractivity contribution >= 4 is 11.6 Å². The van der Waals surface area contributed by atoms with E-state index in [4.69, 9.17) is 9.84 Å². The van der Waals surface area contributed by atoms with E-state index < -0.39 is 0 Å². The van der Waals surface area contributed by atoms with Crippen molar-refractivity contribution in [3.8, 4) is 5.75 Å². The van der Waals surface area contributed by atoms with Crippen LogP contribution in [0.2, 0.25) is 0 Å². The number of hydrogen-bond donors (Lipinski definition) is 3. The standard InChI is InChI=1S/C13H20N2O3/c1-3-10(9-16)14-8-13(17)15-11-5-4-6-12(7-11)18-2/h4-7,10,14,16H,3,8-9H2,1-2H3,(H,15,17). The van der Waals surface area contributed by atoms with E-state index in [-0.39, 0.29) is 25.1 Å². The van der Waals surface area contributed by atoms with Gasteiger partial charge in [-0.05, 0) is 18.6 Å². The molecule has 0 saturated heterocycles. The highest BCUT2D eigenvalue weighted by Gasteiger charge is 2.07. The molecule has 0 spiro atoms. The van der Waals surface area contributed by atoms with Gasteiger partial charge in [-0.2, -0.15) is 0 Å². The lowest BCUT2D eigenvalue weighted by Gasteiger charge is -2.13. The molecule has 0 bridgehead atoms. The molecule has 1 atom stereocenters. The van der Waals surface area contributed by atoms with Crippen molar-refractivity contribution in [3.63, 3.8) is 0 Å². The lowest BCUT2D eigenvalue weighted by Crippen LogP contribution is -2.37. The molecular weight excluding hydrogens is 232 g/mol. The highest BCUT2D eigenvalue weighted by atomic mass is 16.5. The number of amides is 1. The summed E-state index contributed by atoms with van der Waals surface area (Å²) >= 11 is 0. The lowest BCUT2D eigenvalue weighted by molar-refractivity contribution is -0.115. The normalized spacial score (nSPS) is 11.9. The maximum absolute atomic E-state index is 11.7. The van der Waals surface area contributed by atoms with Crippen LogP contribution in [0.3, 0.4) is 0 Å². The Balaban J connectivity index is 2.44. The number of methoxy groups -OCH3 is 1. The van der Waals surface area contributed by atoms with Crippen molar-refractivity contribution in [2.24, 2.45) is 0 Å². The average molecular weight is 252 g/mol. The molecule has 1 rings (SSSR count). The molecule has 100 valence electrons. The van der Waals surface area contributed by atoms with E-state index in [1.807, 2.05) is 19.1 Å². The maximum Gasteiger partial charge on any atom is 0.238 e. The summed E-state index contributed by atoms with van der Waals surface area (Å²) in [6.45, 7) is 2.16. The van der Waals surface area contributed by atoms with Crippen LogP contribution in [0, 0.1) is 0 Å². The zero-order valence-corrected chi connectivity index (χ0v) is 10.8. The van der Waals surface area contributed by atoms with Crippen LogP contribution in [0.15, 0.2) is 24.3 Å². The van der Waals surface area contributed by atoms with Gasteiger partial charge in [0, 0.05) is 17.8 Å². The Hall–Kier alpha value is -1.59. The summed E-state index contributed by atoms with van der Waals surface area (Å²) in [5.41, 5.74) is 0.693. The highest BCUT2D eigenvalue weighted by Crippen LogP contribution is 2.16. The fourth-order valence-corrected chi connectivity index (χ4v) is 1.48. The van der Waals surface area contributed by atoms with Crippen LogP contribution in [0.4, 0.5) is 5.69 Å². The number of aliphatic hydroxyl groups excluding tert-OH is 1. The molecule has 0 fully saturated rings. The number of nitrogens with one attached hydrogen (secondary N) is 2. The summed E-state index contributed by atoms with van der Waals surface area (Å²) in [7, 11) is 1.58.